The van der Waals surface area contributed by atoms with E-state index in [0.717, 1.165) is 11.8 Å². The van der Waals surface area contributed by atoms with Crippen molar-refractivity contribution in [1.29, 1.82) is 0 Å². The Balaban J connectivity index is 2.60. The van der Waals surface area contributed by atoms with Crippen LogP contribution in [0.25, 0.3) is 0 Å². The fourth-order valence-electron chi connectivity index (χ4n) is 1.88. The van der Waals surface area contributed by atoms with E-state index < -0.39 is 0 Å². The minimum atomic E-state index is 0.846. The van der Waals surface area contributed by atoms with E-state index in [1.165, 1.54) is 19.3 Å². The lowest BCUT2D eigenvalue weighted by atomic mass is 9.78. The Morgan fingerprint density at radius 1 is 1.40 bits per heavy atom. The second-order valence-corrected chi connectivity index (χ2v) is 3.52. The second kappa shape index (κ2) is 3.23. The van der Waals surface area contributed by atoms with Crippen LogP contribution in [-0.4, -0.2) is 0 Å². The molecule has 2 atom stereocenters. The van der Waals surface area contributed by atoms with E-state index >= 15 is 0 Å². The van der Waals surface area contributed by atoms with Gasteiger partial charge >= 0.3 is 0 Å². The Morgan fingerprint density at radius 3 is 2.60 bits per heavy atom. The van der Waals surface area contributed by atoms with Crippen LogP contribution in [0.1, 0.15) is 40.0 Å². The van der Waals surface area contributed by atoms with Gasteiger partial charge in [0.2, 0.25) is 0 Å². The van der Waals surface area contributed by atoms with E-state index in [4.69, 9.17) is 0 Å². The van der Waals surface area contributed by atoms with Crippen LogP contribution in [0.2, 0.25) is 0 Å². The van der Waals surface area contributed by atoms with E-state index in [1.807, 2.05) is 0 Å². The smallest absolute Gasteiger partial charge is 0.0206 e. The van der Waals surface area contributed by atoms with Gasteiger partial charge in [-0.3, -0.25) is 0 Å². The van der Waals surface area contributed by atoms with Crippen LogP contribution in [0.4, 0.5) is 0 Å². The number of allylic oxidation sites excluding steroid dienone is 2. The maximum atomic E-state index is 2.37. The second-order valence-electron chi connectivity index (χ2n) is 3.52. The first kappa shape index (κ1) is 7.84. The summed E-state index contributed by atoms with van der Waals surface area (Å²) >= 11 is 0. The van der Waals surface area contributed by atoms with Crippen LogP contribution in [-0.2, 0) is 0 Å². The third-order valence-corrected chi connectivity index (χ3v) is 2.93. The Kier molecular flexibility index (Phi) is 2.53. The van der Waals surface area contributed by atoms with Crippen molar-refractivity contribution in [1.82, 2.24) is 0 Å². The zero-order chi connectivity index (χ0) is 7.56. The molecule has 2 unspecified atom stereocenters. The van der Waals surface area contributed by atoms with Crippen LogP contribution in [0.3, 0.4) is 0 Å². The molecule has 1 saturated carbocycles. The monoisotopic (exact) mass is 138 g/mol. The van der Waals surface area contributed by atoms with Gasteiger partial charge in [-0.05, 0) is 38.0 Å². The topological polar surface area (TPSA) is 0 Å². The SMILES string of the molecule is C/C=C1/CCCC(C)C1C. The summed E-state index contributed by atoms with van der Waals surface area (Å²) in [7, 11) is 0. The van der Waals surface area contributed by atoms with Crippen LogP contribution in [0.5, 0.6) is 0 Å². The molecule has 0 aromatic carbocycles. The summed E-state index contributed by atoms with van der Waals surface area (Å²) in [6.45, 7) is 6.90. The minimum Gasteiger partial charge on any atom is -0.0882 e. The fourth-order valence-corrected chi connectivity index (χ4v) is 1.88. The van der Waals surface area contributed by atoms with Crippen molar-refractivity contribution in [3.63, 3.8) is 0 Å². The van der Waals surface area contributed by atoms with Crippen LogP contribution < -0.4 is 0 Å². The molecule has 0 amide bonds. The molecule has 0 radical (unpaired) electrons. The van der Waals surface area contributed by atoms with Crippen LogP contribution >= 0.6 is 0 Å². The molecule has 58 valence electrons. The highest BCUT2D eigenvalue weighted by Gasteiger charge is 2.20. The molecule has 0 saturated heterocycles. The molecule has 0 bridgehead atoms. The predicted octanol–water partition coefficient (Wildman–Crippen LogP) is 3.39. The highest BCUT2D eigenvalue weighted by Crippen LogP contribution is 2.33. The molecule has 1 fully saturated rings. The van der Waals surface area contributed by atoms with Crippen molar-refractivity contribution < 1.29 is 0 Å². The summed E-state index contributed by atoms with van der Waals surface area (Å²) in [6.07, 6.45) is 6.49. The van der Waals surface area contributed by atoms with Gasteiger partial charge in [-0.15, -0.1) is 0 Å². The highest BCUT2D eigenvalue weighted by atomic mass is 14.3. The zero-order valence-electron chi connectivity index (χ0n) is 7.35. The van der Waals surface area contributed by atoms with Gasteiger partial charge < -0.3 is 0 Å². The third kappa shape index (κ3) is 1.42. The van der Waals surface area contributed by atoms with Crippen molar-refractivity contribution in [3.8, 4) is 0 Å². The van der Waals surface area contributed by atoms with Crippen molar-refractivity contribution in [2.45, 2.75) is 40.0 Å². The fraction of sp³-hybridized carbons (Fsp3) is 0.800. The molecule has 1 aliphatic rings. The van der Waals surface area contributed by atoms with E-state index in [0.29, 0.717) is 0 Å². The predicted molar refractivity (Wildman–Crippen MR) is 45.9 cm³/mol. The summed E-state index contributed by atoms with van der Waals surface area (Å²) in [4.78, 5) is 0. The molecule has 0 aromatic rings. The van der Waals surface area contributed by atoms with Gasteiger partial charge in [-0.1, -0.05) is 25.5 Å². The largest absolute Gasteiger partial charge is 0.0882 e. The highest BCUT2D eigenvalue weighted by molar-refractivity contribution is 5.08. The average molecular weight is 138 g/mol. The first-order valence-corrected chi connectivity index (χ1v) is 4.40. The van der Waals surface area contributed by atoms with Crippen molar-refractivity contribution >= 4 is 0 Å². The summed E-state index contributed by atoms with van der Waals surface area (Å²) in [5.41, 5.74) is 1.68. The van der Waals surface area contributed by atoms with Gasteiger partial charge in [0.05, 0.1) is 0 Å². The van der Waals surface area contributed by atoms with Crippen LogP contribution in [0.15, 0.2) is 11.6 Å². The summed E-state index contributed by atoms with van der Waals surface area (Å²) in [6, 6.07) is 0. The molecule has 0 N–H and O–H groups in total. The molecule has 0 aliphatic heterocycles. The van der Waals surface area contributed by atoms with E-state index in [-0.39, 0.29) is 0 Å². The van der Waals surface area contributed by atoms with Crippen molar-refractivity contribution in [2.24, 2.45) is 11.8 Å². The Hall–Kier alpha value is -0.260. The van der Waals surface area contributed by atoms with Gasteiger partial charge in [0, 0.05) is 0 Å². The minimum absolute atomic E-state index is 0.846. The van der Waals surface area contributed by atoms with Gasteiger partial charge in [0.1, 0.15) is 0 Å². The number of hydrogen-bond acceptors (Lipinski definition) is 0. The molecule has 0 heterocycles. The first-order valence-electron chi connectivity index (χ1n) is 4.40. The Morgan fingerprint density at radius 2 is 2.10 bits per heavy atom. The summed E-state index contributed by atoms with van der Waals surface area (Å²) < 4.78 is 0. The molecular weight excluding hydrogens is 120 g/mol. The molecule has 1 rings (SSSR count). The molecule has 10 heavy (non-hydrogen) atoms. The standard InChI is InChI=1S/C10H18/c1-4-10-7-5-6-8(2)9(10)3/h4,8-9H,5-7H2,1-3H3/b10-4-. The third-order valence-electron chi connectivity index (χ3n) is 2.93. The molecule has 0 nitrogen and oxygen atoms in total. The average Bonchev–Trinajstić information content (AvgIpc) is 1.95. The van der Waals surface area contributed by atoms with E-state index in [9.17, 15) is 0 Å². The van der Waals surface area contributed by atoms with Gasteiger partial charge in [0.15, 0.2) is 0 Å². The Labute approximate surface area is 64.3 Å². The number of hydrogen-bond donors (Lipinski definition) is 0. The number of rotatable bonds is 0. The quantitative estimate of drug-likeness (QED) is 0.450. The lowest BCUT2D eigenvalue weighted by molar-refractivity contribution is 0.349. The maximum Gasteiger partial charge on any atom is -0.0206 e. The van der Waals surface area contributed by atoms with Crippen molar-refractivity contribution in [3.05, 3.63) is 11.6 Å². The van der Waals surface area contributed by atoms with Gasteiger partial charge in [-0.2, -0.15) is 0 Å². The van der Waals surface area contributed by atoms with Gasteiger partial charge in [-0.25, -0.2) is 0 Å². The van der Waals surface area contributed by atoms with E-state index in [1.54, 1.807) is 5.57 Å². The lowest BCUT2D eigenvalue weighted by Gasteiger charge is -2.28. The van der Waals surface area contributed by atoms with E-state index in [2.05, 4.69) is 26.8 Å². The maximum absolute atomic E-state index is 2.37. The normalized spacial score (nSPS) is 38.5. The molecule has 0 heteroatoms. The zero-order valence-corrected chi connectivity index (χ0v) is 7.35. The molecule has 0 aromatic heterocycles. The van der Waals surface area contributed by atoms with Crippen molar-refractivity contribution in [2.75, 3.05) is 0 Å². The molecular formula is C10H18. The first-order chi connectivity index (χ1) is 4.75. The lowest BCUT2D eigenvalue weighted by Crippen LogP contribution is -2.15. The molecule has 0 spiro atoms. The van der Waals surface area contributed by atoms with Gasteiger partial charge in [0.25, 0.3) is 0 Å². The summed E-state index contributed by atoms with van der Waals surface area (Å²) in [5, 5.41) is 0. The molecule has 1 aliphatic carbocycles. The van der Waals surface area contributed by atoms with Crippen LogP contribution in [0, 0.1) is 11.8 Å². The Bertz CT molecular complexity index is 133. The summed E-state index contributed by atoms with van der Waals surface area (Å²) in [5.74, 6) is 1.76.